The van der Waals surface area contributed by atoms with Gasteiger partial charge in [0.15, 0.2) is 0 Å². The van der Waals surface area contributed by atoms with Gasteiger partial charge < -0.3 is 9.47 Å². The summed E-state index contributed by atoms with van der Waals surface area (Å²) in [6.45, 7) is 1.29. The third kappa shape index (κ3) is 2.54. The Morgan fingerprint density at radius 3 is 2.77 bits per heavy atom. The van der Waals surface area contributed by atoms with E-state index >= 15 is 0 Å². The predicted molar refractivity (Wildman–Crippen MR) is 50.5 cm³/mol. The van der Waals surface area contributed by atoms with Crippen LogP contribution in [0.2, 0.25) is 0 Å². The van der Waals surface area contributed by atoms with Gasteiger partial charge in [0.25, 0.3) is 0 Å². The van der Waals surface area contributed by atoms with E-state index < -0.39 is 0 Å². The van der Waals surface area contributed by atoms with Crippen LogP contribution in [0, 0.1) is 0 Å². The minimum atomic E-state index is 0.344. The molecule has 0 aliphatic carbocycles. The lowest BCUT2D eigenvalue weighted by Gasteiger charge is -2.22. The second-order valence-electron chi connectivity index (χ2n) is 3.29. The molecule has 0 bridgehead atoms. The van der Waals surface area contributed by atoms with Crippen LogP contribution in [0.1, 0.15) is 12.0 Å². The molecule has 0 radical (unpaired) electrons. The molecule has 0 aromatic heterocycles. The van der Waals surface area contributed by atoms with E-state index in [1.807, 2.05) is 6.07 Å². The van der Waals surface area contributed by atoms with Crippen molar-refractivity contribution in [1.82, 2.24) is 0 Å². The van der Waals surface area contributed by atoms with Crippen molar-refractivity contribution in [3.05, 3.63) is 35.9 Å². The Kier molecular flexibility index (Phi) is 2.95. The van der Waals surface area contributed by atoms with Crippen molar-refractivity contribution in [1.29, 1.82) is 0 Å². The molecule has 1 unspecified atom stereocenters. The van der Waals surface area contributed by atoms with Crippen LogP contribution >= 0.6 is 0 Å². The summed E-state index contributed by atoms with van der Waals surface area (Å²) in [5, 5.41) is 0. The molecule has 0 spiro atoms. The van der Waals surface area contributed by atoms with E-state index in [1.54, 1.807) is 0 Å². The molecule has 1 aliphatic heterocycles. The van der Waals surface area contributed by atoms with Crippen LogP contribution in [-0.4, -0.2) is 19.5 Å². The van der Waals surface area contributed by atoms with Gasteiger partial charge in [0.05, 0.1) is 12.7 Å². The Morgan fingerprint density at radius 1 is 1.23 bits per heavy atom. The smallest absolute Gasteiger partial charge is 0.147 e. The predicted octanol–water partition coefficient (Wildman–Crippen LogP) is 1.99. The topological polar surface area (TPSA) is 18.5 Å². The van der Waals surface area contributed by atoms with Crippen molar-refractivity contribution in [2.24, 2.45) is 0 Å². The molecule has 1 aliphatic rings. The molecule has 2 rings (SSSR count). The molecule has 0 N–H and O–H groups in total. The van der Waals surface area contributed by atoms with Crippen LogP contribution in [0.25, 0.3) is 0 Å². The molecule has 1 aromatic rings. The molecule has 2 heteroatoms. The lowest BCUT2D eigenvalue weighted by Crippen LogP contribution is -2.25. The molecule has 13 heavy (non-hydrogen) atoms. The highest BCUT2D eigenvalue weighted by Gasteiger charge is 2.13. The molecule has 1 saturated heterocycles. The highest BCUT2D eigenvalue weighted by molar-refractivity contribution is 5.15. The summed E-state index contributed by atoms with van der Waals surface area (Å²) in [5.74, 6) is 0. The van der Waals surface area contributed by atoms with E-state index in [-0.39, 0.29) is 0 Å². The Morgan fingerprint density at radius 2 is 2.08 bits per heavy atom. The molecule has 1 fully saturated rings. The van der Waals surface area contributed by atoms with Crippen LogP contribution in [0.4, 0.5) is 0 Å². The van der Waals surface area contributed by atoms with Gasteiger partial charge in [-0.15, -0.1) is 0 Å². The standard InChI is InChI=1S/C11H14O2/c1-2-4-10(5-3-1)8-11-6-7-12-9-13-11/h1-5,11H,6-9H2. The third-order valence-electron chi connectivity index (χ3n) is 2.28. The van der Waals surface area contributed by atoms with Crippen molar-refractivity contribution < 1.29 is 9.47 Å². The monoisotopic (exact) mass is 178 g/mol. The van der Waals surface area contributed by atoms with Gasteiger partial charge in [0, 0.05) is 0 Å². The summed E-state index contributed by atoms with van der Waals surface area (Å²) in [4.78, 5) is 0. The molecule has 2 nitrogen and oxygen atoms in total. The molecule has 1 aromatic carbocycles. The Balaban J connectivity index is 1.90. The maximum Gasteiger partial charge on any atom is 0.147 e. The Hall–Kier alpha value is -0.860. The van der Waals surface area contributed by atoms with Gasteiger partial charge >= 0.3 is 0 Å². The Bertz CT molecular complexity index is 240. The first-order valence-electron chi connectivity index (χ1n) is 4.68. The average Bonchev–Trinajstić information content (AvgIpc) is 2.21. The molecule has 0 saturated carbocycles. The second kappa shape index (κ2) is 4.40. The summed E-state index contributed by atoms with van der Waals surface area (Å²) >= 11 is 0. The molecule has 70 valence electrons. The van der Waals surface area contributed by atoms with Crippen LogP contribution in [0.3, 0.4) is 0 Å². The van der Waals surface area contributed by atoms with Crippen LogP contribution < -0.4 is 0 Å². The van der Waals surface area contributed by atoms with Crippen LogP contribution in [0.15, 0.2) is 30.3 Å². The zero-order chi connectivity index (χ0) is 8.93. The lowest BCUT2D eigenvalue weighted by molar-refractivity contribution is -0.138. The number of hydrogen-bond donors (Lipinski definition) is 0. The number of hydrogen-bond acceptors (Lipinski definition) is 2. The van der Waals surface area contributed by atoms with E-state index in [9.17, 15) is 0 Å². The quantitative estimate of drug-likeness (QED) is 0.689. The molecule has 1 atom stereocenters. The van der Waals surface area contributed by atoms with Gasteiger partial charge in [-0.25, -0.2) is 0 Å². The number of benzene rings is 1. The number of rotatable bonds is 2. The fraction of sp³-hybridized carbons (Fsp3) is 0.455. The largest absolute Gasteiger partial charge is 0.355 e. The highest BCUT2D eigenvalue weighted by Crippen LogP contribution is 2.12. The van der Waals surface area contributed by atoms with Gasteiger partial charge in [0.1, 0.15) is 6.79 Å². The van der Waals surface area contributed by atoms with Gasteiger partial charge in [-0.3, -0.25) is 0 Å². The maximum absolute atomic E-state index is 5.46. The average molecular weight is 178 g/mol. The summed E-state index contributed by atoms with van der Waals surface area (Å²) in [6, 6.07) is 10.4. The van der Waals surface area contributed by atoms with Gasteiger partial charge in [-0.1, -0.05) is 30.3 Å². The van der Waals surface area contributed by atoms with E-state index in [2.05, 4.69) is 24.3 Å². The van der Waals surface area contributed by atoms with Gasteiger partial charge in [-0.05, 0) is 18.4 Å². The van der Waals surface area contributed by atoms with Crippen molar-refractivity contribution >= 4 is 0 Å². The van der Waals surface area contributed by atoms with E-state index in [4.69, 9.17) is 9.47 Å². The zero-order valence-corrected chi connectivity index (χ0v) is 7.61. The normalized spacial score (nSPS) is 22.9. The fourth-order valence-corrected chi connectivity index (χ4v) is 1.54. The van der Waals surface area contributed by atoms with E-state index in [0.717, 1.165) is 19.4 Å². The minimum absolute atomic E-state index is 0.344. The summed E-state index contributed by atoms with van der Waals surface area (Å²) in [7, 11) is 0. The van der Waals surface area contributed by atoms with Crippen molar-refractivity contribution in [3.8, 4) is 0 Å². The van der Waals surface area contributed by atoms with Crippen molar-refractivity contribution in [2.45, 2.75) is 18.9 Å². The van der Waals surface area contributed by atoms with Crippen LogP contribution in [0.5, 0.6) is 0 Å². The molecular formula is C11H14O2. The minimum Gasteiger partial charge on any atom is -0.355 e. The van der Waals surface area contributed by atoms with E-state index in [1.165, 1.54) is 5.56 Å². The lowest BCUT2D eigenvalue weighted by atomic mass is 10.1. The summed E-state index contributed by atoms with van der Waals surface area (Å²) in [5.41, 5.74) is 1.34. The summed E-state index contributed by atoms with van der Waals surface area (Å²) in [6.07, 6.45) is 2.36. The maximum atomic E-state index is 5.46. The first-order valence-corrected chi connectivity index (χ1v) is 4.68. The highest BCUT2D eigenvalue weighted by atomic mass is 16.7. The van der Waals surface area contributed by atoms with Crippen molar-refractivity contribution in [2.75, 3.05) is 13.4 Å². The zero-order valence-electron chi connectivity index (χ0n) is 7.61. The first-order chi connectivity index (χ1) is 6.45. The second-order valence-corrected chi connectivity index (χ2v) is 3.29. The summed E-state index contributed by atoms with van der Waals surface area (Å²) < 4.78 is 10.6. The van der Waals surface area contributed by atoms with Crippen LogP contribution in [-0.2, 0) is 15.9 Å². The first kappa shape index (κ1) is 8.73. The van der Waals surface area contributed by atoms with Gasteiger partial charge in [0.2, 0.25) is 0 Å². The third-order valence-corrected chi connectivity index (χ3v) is 2.28. The molecular weight excluding hydrogens is 164 g/mol. The number of ether oxygens (including phenoxy) is 2. The molecule has 0 amide bonds. The van der Waals surface area contributed by atoms with E-state index in [0.29, 0.717) is 12.9 Å². The molecule has 1 heterocycles. The fourth-order valence-electron chi connectivity index (χ4n) is 1.54. The van der Waals surface area contributed by atoms with Crippen molar-refractivity contribution in [3.63, 3.8) is 0 Å². The Labute approximate surface area is 78.5 Å². The SMILES string of the molecule is c1ccc(CC2CCOCO2)cc1. The van der Waals surface area contributed by atoms with Gasteiger partial charge in [-0.2, -0.15) is 0 Å².